The van der Waals surface area contributed by atoms with Gasteiger partial charge in [-0.1, -0.05) is 0 Å². The van der Waals surface area contributed by atoms with Gasteiger partial charge >= 0.3 is 11.9 Å². The molecule has 0 aromatic heterocycles. The molecule has 0 saturated carbocycles. The van der Waals surface area contributed by atoms with Crippen molar-refractivity contribution in [3.63, 3.8) is 0 Å². The molecule has 0 unspecified atom stereocenters. The molecule has 0 spiro atoms. The van der Waals surface area contributed by atoms with Crippen molar-refractivity contribution in [1.29, 1.82) is 0 Å². The standard InChI is InChI=1S/C8H12O6/c9-3-1-2-8(14,4-6(10)11)5-7(12)13/h3,14H,1-2,4-5H2,(H,10,11)(H,12,13). The number of aldehydes is 1. The highest BCUT2D eigenvalue weighted by atomic mass is 16.4. The van der Waals surface area contributed by atoms with Crippen LogP contribution in [0, 0.1) is 0 Å². The number of aliphatic carboxylic acids is 2. The fraction of sp³-hybridized carbons (Fsp3) is 0.625. The molecule has 6 nitrogen and oxygen atoms in total. The average molecular weight is 204 g/mol. The summed E-state index contributed by atoms with van der Waals surface area (Å²) in [5, 5.41) is 26.4. The first-order valence-corrected chi connectivity index (χ1v) is 3.99. The van der Waals surface area contributed by atoms with Gasteiger partial charge in [-0.25, -0.2) is 0 Å². The zero-order chi connectivity index (χ0) is 11.2. The lowest BCUT2D eigenvalue weighted by Crippen LogP contribution is -2.34. The van der Waals surface area contributed by atoms with Gasteiger partial charge in [-0.15, -0.1) is 0 Å². The molecule has 0 aliphatic carbocycles. The molecule has 0 bridgehead atoms. The Morgan fingerprint density at radius 3 is 1.86 bits per heavy atom. The summed E-state index contributed by atoms with van der Waals surface area (Å²) in [6.45, 7) is 0. The maximum atomic E-state index is 10.3. The summed E-state index contributed by atoms with van der Waals surface area (Å²) in [6, 6.07) is 0. The molecule has 6 heteroatoms. The van der Waals surface area contributed by atoms with Crippen molar-refractivity contribution in [2.24, 2.45) is 0 Å². The molecule has 3 N–H and O–H groups in total. The van der Waals surface area contributed by atoms with Gasteiger partial charge in [0.15, 0.2) is 0 Å². The molecule has 14 heavy (non-hydrogen) atoms. The van der Waals surface area contributed by atoms with Crippen molar-refractivity contribution in [2.45, 2.75) is 31.3 Å². The van der Waals surface area contributed by atoms with Crippen LogP contribution in [0.1, 0.15) is 25.7 Å². The molecule has 0 aliphatic heterocycles. The van der Waals surface area contributed by atoms with Gasteiger partial charge in [0.25, 0.3) is 0 Å². The zero-order valence-corrected chi connectivity index (χ0v) is 7.47. The maximum Gasteiger partial charge on any atom is 0.306 e. The molecule has 0 atom stereocenters. The molecule has 80 valence electrons. The van der Waals surface area contributed by atoms with E-state index in [9.17, 15) is 19.5 Å². The van der Waals surface area contributed by atoms with Crippen molar-refractivity contribution in [2.75, 3.05) is 0 Å². The third-order valence-corrected chi connectivity index (χ3v) is 1.69. The predicted molar refractivity (Wildman–Crippen MR) is 44.8 cm³/mol. The highest BCUT2D eigenvalue weighted by molar-refractivity contribution is 5.72. The smallest absolute Gasteiger partial charge is 0.306 e. The summed E-state index contributed by atoms with van der Waals surface area (Å²) in [5.74, 6) is -2.58. The fourth-order valence-corrected chi connectivity index (χ4v) is 1.13. The number of carbonyl (C=O) groups is 3. The van der Waals surface area contributed by atoms with Gasteiger partial charge < -0.3 is 20.1 Å². The fourth-order valence-electron chi connectivity index (χ4n) is 1.13. The summed E-state index contributed by atoms with van der Waals surface area (Å²) < 4.78 is 0. The first-order valence-electron chi connectivity index (χ1n) is 3.99. The molecule has 0 heterocycles. The Kier molecular flexibility index (Phi) is 4.79. The Morgan fingerprint density at radius 2 is 1.57 bits per heavy atom. The number of carboxylic acids is 2. The van der Waals surface area contributed by atoms with Crippen molar-refractivity contribution >= 4 is 18.2 Å². The van der Waals surface area contributed by atoms with Crippen LogP contribution < -0.4 is 0 Å². The van der Waals surface area contributed by atoms with Crippen molar-refractivity contribution in [3.05, 3.63) is 0 Å². The van der Waals surface area contributed by atoms with Gasteiger partial charge in [-0.3, -0.25) is 9.59 Å². The van der Waals surface area contributed by atoms with Gasteiger partial charge in [0.05, 0.1) is 18.4 Å². The van der Waals surface area contributed by atoms with Crippen LogP contribution >= 0.6 is 0 Å². The Morgan fingerprint density at radius 1 is 1.14 bits per heavy atom. The summed E-state index contributed by atoms with van der Waals surface area (Å²) in [6.07, 6.45) is -1.05. The van der Waals surface area contributed by atoms with Crippen LogP contribution in [0.4, 0.5) is 0 Å². The molecule has 0 aliphatic rings. The van der Waals surface area contributed by atoms with E-state index in [1.165, 1.54) is 0 Å². The molecule has 0 radical (unpaired) electrons. The second kappa shape index (κ2) is 5.33. The number of aliphatic hydroxyl groups is 1. The first kappa shape index (κ1) is 12.6. The highest BCUT2D eigenvalue weighted by Gasteiger charge is 2.32. The largest absolute Gasteiger partial charge is 0.481 e. The normalized spacial score (nSPS) is 10.9. The number of hydrogen-bond donors (Lipinski definition) is 3. The summed E-state index contributed by atoms with van der Waals surface area (Å²) in [7, 11) is 0. The zero-order valence-electron chi connectivity index (χ0n) is 7.47. The van der Waals surface area contributed by atoms with Crippen LogP contribution in [-0.2, 0) is 14.4 Å². The summed E-state index contributed by atoms with van der Waals surface area (Å²) >= 11 is 0. The Labute approximate surface area is 80.2 Å². The van der Waals surface area contributed by atoms with Crippen LogP contribution in [0.3, 0.4) is 0 Å². The van der Waals surface area contributed by atoms with E-state index in [1.54, 1.807) is 0 Å². The quantitative estimate of drug-likeness (QED) is 0.488. The lowest BCUT2D eigenvalue weighted by molar-refractivity contribution is -0.149. The van der Waals surface area contributed by atoms with Crippen molar-refractivity contribution < 1.29 is 29.7 Å². The van der Waals surface area contributed by atoms with Gasteiger partial charge in [-0.05, 0) is 6.42 Å². The minimum atomic E-state index is -1.83. The average Bonchev–Trinajstić information content (AvgIpc) is 1.97. The number of rotatable bonds is 7. The minimum Gasteiger partial charge on any atom is -0.481 e. The van der Waals surface area contributed by atoms with Gasteiger partial charge in [0, 0.05) is 6.42 Å². The molecular weight excluding hydrogens is 192 g/mol. The van der Waals surface area contributed by atoms with Crippen LogP contribution in [-0.4, -0.2) is 39.1 Å². The molecule has 0 saturated heterocycles. The Balaban J connectivity index is 4.38. The molecule has 0 aromatic rings. The second-order valence-electron chi connectivity index (χ2n) is 3.07. The number of carboxylic acid groups (broad SMARTS) is 2. The van der Waals surface area contributed by atoms with Crippen LogP contribution in [0.25, 0.3) is 0 Å². The predicted octanol–water partition coefficient (Wildman–Crippen LogP) is -0.354. The molecule has 0 fully saturated rings. The van der Waals surface area contributed by atoms with Gasteiger partial charge in [0.1, 0.15) is 6.29 Å². The molecular formula is C8H12O6. The third-order valence-electron chi connectivity index (χ3n) is 1.69. The maximum absolute atomic E-state index is 10.3. The van der Waals surface area contributed by atoms with E-state index >= 15 is 0 Å². The highest BCUT2D eigenvalue weighted by Crippen LogP contribution is 2.21. The van der Waals surface area contributed by atoms with E-state index in [0.717, 1.165) is 0 Å². The van der Waals surface area contributed by atoms with Crippen LogP contribution in [0.15, 0.2) is 0 Å². The van der Waals surface area contributed by atoms with Gasteiger partial charge in [-0.2, -0.15) is 0 Å². The van der Waals surface area contributed by atoms with Crippen LogP contribution in [0.2, 0.25) is 0 Å². The second-order valence-corrected chi connectivity index (χ2v) is 3.07. The topological polar surface area (TPSA) is 112 Å². The summed E-state index contributed by atoms with van der Waals surface area (Å²) in [4.78, 5) is 30.7. The first-order chi connectivity index (χ1) is 6.39. The number of hydrogen-bond acceptors (Lipinski definition) is 4. The van der Waals surface area contributed by atoms with Crippen LogP contribution in [0.5, 0.6) is 0 Å². The van der Waals surface area contributed by atoms with E-state index < -0.39 is 30.4 Å². The molecule has 0 amide bonds. The van der Waals surface area contributed by atoms with Crippen molar-refractivity contribution in [1.82, 2.24) is 0 Å². The van der Waals surface area contributed by atoms with E-state index in [0.29, 0.717) is 6.29 Å². The van der Waals surface area contributed by atoms with E-state index in [4.69, 9.17) is 10.2 Å². The lowest BCUT2D eigenvalue weighted by atomic mass is 9.90. The van der Waals surface area contributed by atoms with E-state index in [1.807, 2.05) is 0 Å². The van der Waals surface area contributed by atoms with E-state index in [-0.39, 0.29) is 12.8 Å². The summed E-state index contributed by atoms with van der Waals surface area (Å²) in [5.41, 5.74) is -1.83. The van der Waals surface area contributed by atoms with Gasteiger partial charge in [0.2, 0.25) is 0 Å². The number of carbonyl (C=O) groups excluding carboxylic acids is 1. The van der Waals surface area contributed by atoms with E-state index in [2.05, 4.69) is 0 Å². The third kappa shape index (κ3) is 5.26. The molecule has 0 aromatic carbocycles. The minimum absolute atomic E-state index is 0.0585. The van der Waals surface area contributed by atoms with Crippen molar-refractivity contribution in [3.8, 4) is 0 Å². The monoisotopic (exact) mass is 204 g/mol. The Hall–Kier alpha value is -1.43. The lowest BCUT2D eigenvalue weighted by Gasteiger charge is -2.23. The molecule has 0 rings (SSSR count). The Bertz CT molecular complexity index is 218. The SMILES string of the molecule is O=CCCC(O)(CC(=O)O)CC(=O)O.